The van der Waals surface area contributed by atoms with Gasteiger partial charge in [0.05, 0.1) is 11.3 Å². The Bertz CT molecular complexity index is 1200. The van der Waals surface area contributed by atoms with Crippen molar-refractivity contribution in [2.75, 3.05) is 31.1 Å². The van der Waals surface area contributed by atoms with Crippen LogP contribution in [0.5, 0.6) is 0 Å². The van der Waals surface area contributed by atoms with Gasteiger partial charge in [-0.25, -0.2) is 4.90 Å². The van der Waals surface area contributed by atoms with Gasteiger partial charge >= 0.3 is 0 Å². The summed E-state index contributed by atoms with van der Waals surface area (Å²) in [6, 6.07) is 27.7. The maximum Gasteiger partial charge on any atom is 0.282 e. The molecular weight excluding hydrogens is 422 g/mol. The Labute approximate surface area is 200 Å². The van der Waals surface area contributed by atoms with Gasteiger partial charge in [0, 0.05) is 32.7 Å². The van der Waals surface area contributed by atoms with E-state index in [9.17, 15) is 9.59 Å². The molecule has 0 unspecified atom stereocenters. The van der Waals surface area contributed by atoms with E-state index in [1.807, 2.05) is 60.7 Å². The van der Waals surface area contributed by atoms with Crippen molar-refractivity contribution < 1.29 is 9.59 Å². The van der Waals surface area contributed by atoms with Crippen molar-refractivity contribution in [3.05, 3.63) is 107 Å². The number of benzene rings is 3. The lowest BCUT2D eigenvalue weighted by Crippen LogP contribution is -2.47. The number of hydrogen-bond acceptors (Lipinski definition) is 4. The maximum absolute atomic E-state index is 13.7. The lowest BCUT2D eigenvalue weighted by molar-refractivity contribution is -0.120. The fourth-order valence-corrected chi connectivity index (χ4v) is 4.76. The number of carbonyl (C=O) groups is 2. The van der Waals surface area contributed by atoms with E-state index in [-0.39, 0.29) is 11.8 Å². The van der Waals surface area contributed by atoms with Gasteiger partial charge in [-0.1, -0.05) is 79.7 Å². The first-order valence-electron chi connectivity index (χ1n) is 11.9. The zero-order valence-electron chi connectivity index (χ0n) is 19.5. The molecule has 5 heteroatoms. The van der Waals surface area contributed by atoms with Crippen molar-refractivity contribution in [1.29, 1.82) is 0 Å². The Kier molecular flexibility index (Phi) is 6.28. The summed E-state index contributed by atoms with van der Waals surface area (Å²) in [7, 11) is 0. The van der Waals surface area contributed by atoms with Crippen LogP contribution >= 0.6 is 0 Å². The normalized spacial score (nSPS) is 17.1. The van der Waals surface area contributed by atoms with Crippen LogP contribution < -0.4 is 4.90 Å². The second-order valence-electron chi connectivity index (χ2n) is 8.80. The molecule has 2 amide bonds. The van der Waals surface area contributed by atoms with Crippen LogP contribution in [0.15, 0.2) is 90.6 Å². The monoisotopic (exact) mass is 451 g/mol. The lowest BCUT2D eigenvalue weighted by atomic mass is 10.0. The van der Waals surface area contributed by atoms with E-state index in [0.29, 0.717) is 30.0 Å². The molecule has 3 aromatic carbocycles. The third-order valence-electron chi connectivity index (χ3n) is 6.66. The highest BCUT2D eigenvalue weighted by Gasteiger charge is 2.43. The van der Waals surface area contributed by atoms with Crippen LogP contribution in [-0.2, 0) is 22.6 Å². The second-order valence-corrected chi connectivity index (χ2v) is 8.80. The average Bonchev–Trinajstić information content (AvgIpc) is 3.15. The zero-order valence-corrected chi connectivity index (χ0v) is 19.5. The Morgan fingerprint density at radius 1 is 0.676 bits per heavy atom. The number of piperazine rings is 1. The van der Waals surface area contributed by atoms with E-state index in [0.717, 1.165) is 31.6 Å². The van der Waals surface area contributed by atoms with Crippen LogP contribution in [-0.4, -0.2) is 47.8 Å². The largest absolute Gasteiger partial charge is 0.364 e. The maximum atomic E-state index is 13.7. The molecule has 3 aromatic rings. The Morgan fingerprint density at radius 3 is 1.91 bits per heavy atom. The predicted octanol–water partition coefficient (Wildman–Crippen LogP) is 4.35. The predicted molar refractivity (Wildman–Crippen MR) is 135 cm³/mol. The molecule has 2 aliphatic heterocycles. The molecule has 5 rings (SSSR count). The molecule has 0 aromatic heterocycles. The molecule has 34 heavy (non-hydrogen) atoms. The highest BCUT2D eigenvalue weighted by molar-refractivity contribution is 6.45. The Morgan fingerprint density at radius 2 is 1.29 bits per heavy atom. The molecule has 0 aliphatic carbocycles. The minimum atomic E-state index is -0.248. The lowest BCUT2D eigenvalue weighted by Gasteiger charge is -2.36. The second kappa shape index (κ2) is 9.65. The van der Waals surface area contributed by atoms with Crippen molar-refractivity contribution >= 4 is 23.1 Å². The van der Waals surface area contributed by atoms with E-state index in [1.165, 1.54) is 16.0 Å². The van der Waals surface area contributed by atoms with Gasteiger partial charge in [0.2, 0.25) is 0 Å². The SMILES string of the molecule is CCc1ccc(N2C(=O)C(c3ccccc3)=C(N3CCN(Cc4ccccc4)CC3)C2=O)cc1. The molecule has 0 radical (unpaired) electrons. The Hall–Kier alpha value is -3.70. The van der Waals surface area contributed by atoms with Crippen molar-refractivity contribution in [3.63, 3.8) is 0 Å². The molecule has 0 spiro atoms. The van der Waals surface area contributed by atoms with Crippen LogP contribution in [0.4, 0.5) is 5.69 Å². The van der Waals surface area contributed by atoms with Crippen molar-refractivity contribution in [2.24, 2.45) is 0 Å². The molecule has 1 fully saturated rings. The van der Waals surface area contributed by atoms with Crippen LogP contribution in [0.3, 0.4) is 0 Å². The number of carbonyl (C=O) groups excluding carboxylic acids is 2. The van der Waals surface area contributed by atoms with E-state index in [1.54, 1.807) is 0 Å². The molecule has 0 bridgehead atoms. The number of hydrogen-bond donors (Lipinski definition) is 0. The highest BCUT2D eigenvalue weighted by atomic mass is 16.2. The first-order valence-corrected chi connectivity index (χ1v) is 11.9. The topological polar surface area (TPSA) is 43.9 Å². The number of imide groups is 1. The van der Waals surface area contributed by atoms with Crippen molar-refractivity contribution in [1.82, 2.24) is 9.80 Å². The standard InChI is InChI=1S/C29H29N3O2/c1-2-22-13-15-25(16-14-22)32-28(33)26(24-11-7-4-8-12-24)27(29(32)34)31-19-17-30(18-20-31)21-23-9-5-3-6-10-23/h3-16H,2,17-21H2,1H3. The average molecular weight is 452 g/mol. The van der Waals surface area contributed by atoms with Crippen molar-refractivity contribution in [2.45, 2.75) is 19.9 Å². The minimum absolute atomic E-state index is 0.232. The number of amides is 2. The number of anilines is 1. The highest BCUT2D eigenvalue weighted by Crippen LogP contribution is 2.35. The summed E-state index contributed by atoms with van der Waals surface area (Å²) in [6.45, 7) is 6.08. The molecule has 2 heterocycles. The van der Waals surface area contributed by atoms with Gasteiger partial charge in [0.1, 0.15) is 5.70 Å². The third kappa shape index (κ3) is 4.27. The third-order valence-corrected chi connectivity index (χ3v) is 6.66. The van der Waals surface area contributed by atoms with Gasteiger partial charge < -0.3 is 4.90 Å². The van der Waals surface area contributed by atoms with E-state index in [4.69, 9.17) is 0 Å². The van der Waals surface area contributed by atoms with Gasteiger partial charge in [-0.2, -0.15) is 0 Å². The summed E-state index contributed by atoms with van der Waals surface area (Å²) >= 11 is 0. The molecule has 5 nitrogen and oxygen atoms in total. The fraction of sp³-hybridized carbons (Fsp3) is 0.241. The number of aryl methyl sites for hydroxylation is 1. The number of rotatable bonds is 6. The molecule has 172 valence electrons. The first kappa shape index (κ1) is 22.1. The molecule has 0 N–H and O–H groups in total. The van der Waals surface area contributed by atoms with Gasteiger partial charge in [0.15, 0.2) is 0 Å². The summed E-state index contributed by atoms with van der Waals surface area (Å²) < 4.78 is 0. The minimum Gasteiger partial charge on any atom is -0.364 e. The fourth-order valence-electron chi connectivity index (χ4n) is 4.76. The molecule has 2 aliphatic rings. The van der Waals surface area contributed by atoms with Crippen molar-refractivity contribution in [3.8, 4) is 0 Å². The van der Waals surface area contributed by atoms with Crippen LogP contribution in [0.2, 0.25) is 0 Å². The van der Waals surface area contributed by atoms with E-state index < -0.39 is 0 Å². The Balaban J connectivity index is 1.42. The van der Waals surface area contributed by atoms with Gasteiger partial charge in [-0.15, -0.1) is 0 Å². The van der Waals surface area contributed by atoms with Crippen LogP contribution in [0.25, 0.3) is 5.57 Å². The summed E-state index contributed by atoms with van der Waals surface area (Å²) in [5.74, 6) is -0.480. The zero-order chi connectivity index (χ0) is 23.5. The van der Waals surface area contributed by atoms with Gasteiger partial charge in [0.25, 0.3) is 11.8 Å². The summed E-state index contributed by atoms with van der Waals surface area (Å²) in [6.07, 6.45) is 0.911. The van der Waals surface area contributed by atoms with E-state index >= 15 is 0 Å². The van der Waals surface area contributed by atoms with Gasteiger partial charge in [-0.05, 0) is 35.2 Å². The quantitative estimate of drug-likeness (QED) is 0.523. The van der Waals surface area contributed by atoms with E-state index in [2.05, 4.69) is 41.0 Å². The summed E-state index contributed by atoms with van der Waals surface area (Å²) in [4.78, 5) is 33.2. The van der Waals surface area contributed by atoms with Gasteiger partial charge in [-0.3, -0.25) is 14.5 Å². The summed E-state index contributed by atoms with van der Waals surface area (Å²) in [5, 5.41) is 0. The molecule has 0 atom stereocenters. The molecule has 0 saturated carbocycles. The molecule has 1 saturated heterocycles. The summed E-state index contributed by atoms with van der Waals surface area (Å²) in [5.41, 5.74) is 4.90. The number of nitrogens with zero attached hydrogens (tertiary/aromatic N) is 3. The van der Waals surface area contributed by atoms with Crippen LogP contribution in [0.1, 0.15) is 23.6 Å². The van der Waals surface area contributed by atoms with Crippen LogP contribution in [0, 0.1) is 0 Å². The smallest absolute Gasteiger partial charge is 0.282 e. The molecular formula is C29H29N3O2. The first-order chi connectivity index (χ1) is 16.7.